The first-order valence-corrected chi connectivity index (χ1v) is 5.94. The fourth-order valence-corrected chi connectivity index (χ4v) is 2.15. The van der Waals surface area contributed by atoms with Gasteiger partial charge in [0.2, 0.25) is 0 Å². The number of para-hydroxylation sites is 1. The smallest absolute Gasteiger partial charge is 0.136 e. The molecule has 1 heterocycles. The van der Waals surface area contributed by atoms with Crippen LogP contribution in [0.25, 0.3) is 0 Å². The molecule has 2 aromatic carbocycles. The number of benzene rings is 2. The van der Waals surface area contributed by atoms with E-state index in [0.717, 1.165) is 18.8 Å². The Hall–Kier alpha value is -1.80. The molecule has 0 bridgehead atoms. The van der Waals surface area contributed by atoms with Gasteiger partial charge < -0.3 is 10.1 Å². The van der Waals surface area contributed by atoms with Crippen LogP contribution in [0.4, 0.5) is 0 Å². The third-order valence-electron chi connectivity index (χ3n) is 3.06. The van der Waals surface area contributed by atoms with E-state index in [-0.39, 0.29) is 6.10 Å². The van der Waals surface area contributed by atoms with Crippen molar-refractivity contribution in [1.82, 2.24) is 5.32 Å². The zero-order valence-corrected chi connectivity index (χ0v) is 9.60. The van der Waals surface area contributed by atoms with Gasteiger partial charge in [0.15, 0.2) is 0 Å². The minimum atomic E-state index is 0.0971. The van der Waals surface area contributed by atoms with Gasteiger partial charge in [0.05, 0.1) is 0 Å². The van der Waals surface area contributed by atoms with E-state index >= 15 is 0 Å². The molecule has 1 atom stereocenters. The zero-order valence-electron chi connectivity index (χ0n) is 9.60. The largest absolute Gasteiger partial charge is 0.484 e. The van der Waals surface area contributed by atoms with Crippen LogP contribution in [0.1, 0.15) is 17.2 Å². The van der Waals surface area contributed by atoms with E-state index in [1.165, 1.54) is 11.1 Å². The Morgan fingerprint density at radius 2 is 1.71 bits per heavy atom. The number of nitrogens with one attached hydrogen (secondary N) is 1. The average Bonchev–Trinajstić information content (AvgIpc) is 2.62. The van der Waals surface area contributed by atoms with Crippen molar-refractivity contribution in [2.24, 2.45) is 0 Å². The minimum absolute atomic E-state index is 0.0971. The molecule has 86 valence electrons. The number of ether oxygens (including phenoxy) is 1. The summed E-state index contributed by atoms with van der Waals surface area (Å²) in [6.45, 7) is 1.72. The van der Waals surface area contributed by atoms with Gasteiger partial charge >= 0.3 is 0 Å². The highest BCUT2D eigenvalue weighted by Gasteiger charge is 2.17. The highest BCUT2D eigenvalue weighted by molar-refractivity contribution is 5.35. The van der Waals surface area contributed by atoms with Crippen LogP contribution in [0, 0.1) is 0 Å². The van der Waals surface area contributed by atoms with Crippen molar-refractivity contribution < 1.29 is 4.74 Å². The summed E-state index contributed by atoms with van der Waals surface area (Å²) in [4.78, 5) is 0. The first-order chi connectivity index (χ1) is 8.43. The average molecular weight is 225 g/mol. The Morgan fingerprint density at radius 1 is 0.941 bits per heavy atom. The number of rotatable bonds is 1. The lowest BCUT2D eigenvalue weighted by atomic mass is 10.1. The minimum Gasteiger partial charge on any atom is -0.484 e. The van der Waals surface area contributed by atoms with Gasteiger partial charge in [-0.05, 0) is 11.6 Å². The maximum atomic E-state index is 6.08. The summed E-state index contributed by atoms with van der Waals surface area (Å²) in [5, 5.41) is 3.43. The molecule has 2 heteroatoms. The second-order valence-electron chi connectivity index (χ2n) is 4.26. The van der Waals surface area contributed by atoms with Crippen LogP contribution in [-0.2, 0) is 6.54 Å². The molecular weight excluding hydrogens is 210 g/mol. The summed E-state index contributed by atoms with van der Waals surface area (Å²) in [7, 11) is 0. The molecular formula is C15H15NO. The maximum Gasteiger partial charge on any atom is 0.136 e. The van der Waals surface area contributed by atoms with Crippen molar-refractivity contribution in [1.29, 1.82) is 0 Å². The van der Waals surface area contributed by atoms with Crippen LogP contribution < -0.4 is 10.1 Å². The molecule has 0 aliphatic carbocycles. The standard InChI is InChI=1S/C15H15NO/c1-2-6-12(7-3-1)15-11-16-10-13-8-4-5-9-14(13)17-15/h1-9,15-16H,10-11H2/t15-/m1/s1. The van der Waals surface area contributed by atoms with Gasteiger partial charge in [-0.2, -0.15) is 0 Å². The molecule has 3 rings (SSSR count). The molecule has 0 fully saturated rings. The summed E-state index contributed by atoms with van der Waals surface area (Å²) in [5.74, 6) is 0.992. The van der Waals surface area contributed by atoms with Gasteiger partial charge in [-0.3, -0.25) is 0 Å². The molecule has 0 aromatic heterocycles. The monoisotopic (exact) mass is 225 g/mol. The molecule has 2 nitrogen and oxygen atoms in total. The highest BCUT2D eigenvalue weighted by Crippen LogP contribution is 2.27. The van der Waals surface area contributed by atoms with Crippen molar-refractivity contribution in [3.8, 4) is 5.75 Å². The van der Waals surface area contributed by atoms with Crippen LogP contribution in [-0.4, -0.2) is 6.54 Å². The lowest BCUT2D eigenvalue weighted by Gasteiger charge is -2.17. The summed E-state index contributed by atoms with van der Waals surface area (Å²) in [5.41, 5.74) is 2.45. The highest BCUT2D eigenvalue weighted by atomic mass is 16.5. The Morgan fingerprint density at radius 3 is 2.59 bits per heavy atom. The second kappa shape index (κ2) is 4.60. The van der Waals surface area contributed by atoms with E-state index in [1.807, 2.05) is 24.3 Å². The van der Waals surface area contributed by atoms with E-state index < -0.39 is 0 Å². The van der Waals surface area contributed by atoms with Crippen molar-refractivity contribution >= 4 is 0 Å². The lowest BCUT2D eigenvalue weighted by Crippen LogP contribution is -2.21. The fraction of sp³-hybridized carbons (Fsp3) is 0.200. The van der Waals surface area contributed by atoms with Gasteiger partial charge in [-0.15, -0.1) is 0 Å². The summed E-state index contributed by atoms with van der Waals surface area (Å²) >= 11 is 0. The number of hydrogen-bond donors (Lipinski definition) is 1. The predicted octanol–water partition coefficient (Wildman–Crippen LogP) is 2.91. The molecule has 17 heavy (non-hydrogen) atoms. The SMILES string of the molecule is c1ccc([C@H]2CNCc3ccccc3O2)cc1. The Kier molecular flexibility index (Phi) is 2.80. The molecule has 1 N–H and O–H groups in total. The Labute approximate surface area is 101 Å². The summed E-state index contributed by atoms with van der Waals surface area (Å²) in [6.07, 6.45) is 0.0971. The van der Waals surface area contributed by atoms with Gasteiger partial charge in [0, 0.05) is 18.7 Å². The molecule has 0 spiro atoms. The molecule has 0 saturated heterocycles. The van der Waals surface area contributed by atoms with E-state index in [0.29, 0.717) is 0 Å². The van der Waals surface area contributed by atoms with Crippen LogP contribution in [0.2, 0.25) is 0 Å². The van der Waals surface area contributed by atoms with E-state index in [4.69, 9.17) is 4.74 Å². The predicted molar refractivity (Wildman–Crippen MR) is 68.0 cm³/mol. The quantitative estimate of drug-likeness (QED) is 0.805. The van der Waals surface area contributed by atoms with Gasteiger partial charge in [-0.1, -0.05) is 48.5 Å². The van der Waals surface area contributed by atoms with Crippen molar-refractivity contribution in [3.63, 3.8) is 0 Å². The Bertz CT molecular complexity index is 495. The second-order valence-corrected chi connectivity index (χ2v) is 4.26. The van der Waals surface area contributed by atoms with Gasteiger partial charge in [0.25, 0.3) is 0 Å². The number of hydrogen-bond acceptors (Lipinski definition) is 2. The van der Waals surface area contributed by atoms with Crippen molar-refractivity contribution in [2.45, 2.75) is 12.6 Å². The van der Waals surface area contributed by atoms with Crippen LogP contribution in [0.5, 0.6) is 5.75 Å². The van der Waals surface area contributed by atoms with Gasteiger partial charge in [-0.25, -0.2) is 0 Å². The first-order valence-electron chi connectivity index (χ1n) is 5.94. The summed E-state index contributed by atoms with van der Waals surface area (Å²) in [6, 6.07) is 18.6. The Balaban J connectivity index is 1.91. The molecule has 1 aliphatic rings. The van der Waals surface area contributed by atoms with E-state index in [2.05, 4.69) is 35.6 Å². The maximum absolute atomic E-state index is 6.08. The van der Waals surface area contributed by atoms with Crippen molar-refractivity contribution in [3.05, 3.63) is 65.7 Å². The number of fused-ring (bicyclic) bond motifs is 1. The van der Waals surface area contributed by atoms with Crippen LogP contribution >= 0.6 is 0 Å². The van der Waals surface area contributed by atoms with Gasteiger partial charge in [0.1, 0.15) is 11.9 Å². The van der Waals surface area contributed by atoms with E-state index in [9.17, 15) is 0 Å². The van der Waals surface area contributed by atoms with Crippen LogP contribution in [0.3, 0.4) is 0 Å². The topological polar surface area (TPSA) is 21.3 Å². The first kappa shape index (κ1) is 10.4. The van der Waals surface area contributed by atoms with Crippen molar-refractivity contribution in [2.75, 3.05) is 6.54 Å². The summed E-state index contributed by atoms with van der Waals surface area (Å²) < 4.78 is 6.08. The fourth-order valence-electron chi connectivity index (χ4n) is 2.15. The zero-order chi connectivity index (χ0) is 11.5. The third-order valence-corrected chi connectivity index (χ3v) is 3.06. The molecule has 0 amide bonds. The van der Waals surface area contributed by atoms with E-state index in [1.54, 1.807) is 0 Å². The molecule has 1 aliphatic heterocycles. The molecule has 0 saturated carbocycles. The molecule has 2 aromatic rings. The van der Waals surface area contributed by atoms with Crippen LogP contribution in [0.15, 0.2) is 54.6 Å². The molecule has 0 unspecified atom stereocenters. The third kappa shape index (κ3) is 2.17. The lowest BCUT2D eigenvalue weighted by molar-refractivity contribution is 0.210. The molecule has 0 radical (unpaired) electrons. The normalized spacial score (nSPS) is 18.9.